The molecule has 3 rings (SSSR count). The molecule has 0 bridgehead atoms. The zero-order chi connectivity index (χ0) is 14.1. The number of halogens is 2. The molecular formula is C17H12F2O. The van der Waals surface area contributed by atoms with Crippen molar-refractivity contribution in [1.29, 1.82) is 0 Å². The smallest absolute Gasteiger partial charge is 0.189 e. The molecular weight excluding hydrogens is 258 g/mol. The molecule has 0 atom stereocenters. The Labute approximate surface area is 115 Å². The summed E-state index contributed by atoms with van der Waals surface area (Å²) in [6.07, 6.45) is 2.55. The fourth-order valence-corrected chi connectivity index (χ4v) is 2.48. The Morgan fingerprint density at radius 1 is 0.900 bits per heavy atom. The number of Topliss-reactive ketones (excluding diaryl/α,β-unsaturated/α-hetero) is 1. The van der Waals surface area contributed by atoms with Gasteiger partial charge in [0.05, 0.1) is 0 Å². The number of hydrogen-bond donors (Lipinski definition) is 0. The van der Waals surface area contributed by atoms with Crippen molar-refractivity contribution in [2.45, 2.75) is 12.8 Å². The van der Waals surface area contributed by atoms with E-state index in [4.69, 9.17) is 0 Å². The van der Waals surface area contributed by atoms with E-state index in [1.807, 2.05) is 12.1 Å². The number of benzene rings is 2. The van der Waals surface area contributed by atoms with Crippen LogP contribution in [0, 0.1) is 11.6 Å². The van der Waals surface area contributed by atoms with Gasteiger partial charge in [-0.25, -0.2) is 8.78 Å². The van der Waals surface area contributed by atoms with Gasteiger partial charge in [0, 0.05) is 16.7 Å². The van der Waals surface area contributed by atoms with Crippen molar-refractivity contribution in [3.63, 3.8) is 0 Å². The third kappa shape index (κ3) is 2.16. The number of aryl methyl sites for hydroxylation is 1. The molecule has 0 unspecified atom stereocenters. The van der Waals surface area contributed by atoms with E-state index in [1.54, 1.807) is 12.1 Å². The average Bonchev–Trinajstić information content (AvgIpc) is 2.45. The second-order valence-corrected chi connectivity index (χ2v) is 4.79. The highest BCUT2D eigenvalue weighted by Crippen LogP contribution is 2.27. The van der Waals surface area contributed by atoms with Crippen molar-refractivity contribution in [1.82, 2.24) is 0 Å². The summed E-state index contributed by atoms with van der Waals surface area (Å²) < 4.78 is 27.3. The lowest BCUT2D eigenvalue weighted by Gasteiger charge is -2.17. The monoisotopic (exact) mass is 270 g/mol. The third-order valence-electron chi connectivity index (χ3n) is 3.54. The highest BCUT2D eigenvalue weighted by atomic mass is 19.1. The van der Waals surface area contributed by atoms with Gasteiger partial charge in [0.25, 0.3) is 0 Å². The molecule has 2 aromatic carbocycles. The molecule has 3 heteroatoms. The van der Waals surface area contributed by atoms with Gasteiger partial charge in [0.1, 0.15) is 11.6 Å². The minimum atomic E-state index is -0.649. The summed E-state index contributed by atoms with van der Waals surface area (Å²) in [5.74, 6) is -1.44. The van der Waals surface area contributed by atoms with E-state index in [0.717, 1.165) is 5.56 Å². The number of carbonyl (C=O) groups excluding carboxylic acids is 1. The molecule has 0 saturated heterocycles. The lowest BCUT2D eigenvalue weighted by atomic mass is 9.86. The molecule has 2 aromatic rings. The molecule has 0 radical (unpaired) electrons. The molecule has 0 fully saturated rings. The van der Waals surface area contributed by atoms with E-state index >= 15 is 0 Å². The molecule has 0 saturated carbocycles. The second kappa shape index (κ2) is 5.00. The first kappa shape index (κ1) is 12.7. The summed E-state index contributed by atoms with van der Waals surface area (Å²) in [5.41, 5.74) is 1.92. The first-order valence-corrected chi connectivity index (χ1v) is 6.44. The van der Waals surface area contributed by atoms with Gasteiger partial charge in [0.2, 0.25) is 0 Å². The topological polar surface area (TPSA) is 17.1 Å². The van der Waals surface area contributed by atoms with Gasteiger partial charge < -0.3 is 0 Å². The molecule has 1 nitrogen and oxygen atoms in total. The molecule has 1 aliphatic rings. The van der Waals surface area contributed by atoms with Crippen LogP contribution in [0.15, 0.2) is 48.0 Å². The zero-order valence-corrected chi connectivity index (χ0v) is 10.7. The number of rotatable bonds is 1. The maximum atomic E-state index is 13.6. The summed E-state index contributed by atoms with van der Waals surface area (Å²) in [4.78, 5) is 12.3. The molecule has 0 aromatic heterocycles. The average molecular weight is 270 g/mol. The highest BCUT2D eigenvalue weighted by molar-refractivity contribution is 6.13. The van der Waals surface area contributed by atoms with Crippen LogP contribution >= 0.6 is 0 Å². The highest BCUT2D eigenvalue weighted by Gasteiger charge is 2.22. The minimum absolute atomic E-state index is 0.143. The molecule has 20 heavy (non-hydrogen) atoms. The second-order valence-electron chi connectivity index (χ2n) is 4.79. The van der Waals surface area contributed by atoms with Crippen molar-refractivity contribution < 1.29 is 13.6 Å². The van der Waals surface area contributed by atoms with Crippen LogP contribution < -0.4 is 0 Å². The Morgan fingerprint density at radius 3 is 2.35 bits per heavy atom. The van der Waals surface area contributed by atoms with Gasteiger partial charge in [-0.3, -0.25) is 4.79 Å². The fourth-order valence-electron chi connectivity index (χ4n) is 2.48. The lowest BCUT2D eigenvalue weighted by Crippen LogP contribution is -2.14. The van der Waals surface area contributed by atoms with E-state index in [-0.39, 0.29) is 11.3 Å². The Morgan fingerprint density at radius 2 is 1.60 bits per heavy atom. The van der Waals surface area contributed by atoms with E-state index in [0.29, 0.717) is 24.0 Å². The number of ketones is 1. The largest absolute Gasteiger partial charge is 0.289 e. The normalized spacial score (nSPS) is 16.3. The maximum Gasteiger partial charge on any atom is 0.189 e. The quantitative estimate of drug-likeness (QED) is 0.710. The standard InChI is InChI=1S/C17H12F2O/c18-15-6-3-7-16(19)14(15)10-12-9-8-11-4-1-2-5-13(11)17(12)20/h1-7,10H,8-9H2/b12-10+. The van der Waals surface area contributed by atoms with E-state index in [9.17, 15) is 13.6 Å². The Kier molecular flexibility index (Phi) is 3.18. The van der Waals surface area contributed by atoms with Crippen LogP contribution in [0.25, 0.3) is 6.08 Å². The number of fused-ring (bicyclic) bond motifs is 1. The van der Waals surface area contributed by atoms with Gasteiger partial charge in [-0.1, -0.05) is 30.3 Å². The van der Waals surface area contributed by atoms with Crippen LogP contribution in [0.3, 0.4) is 0 Å². The van der Waals surface area contributed by atoms with Crippen LogP contribution in [-0.4, -0.2) is 5.78 Å². The predicted molar refractivity (Wildman–Crippen MR) is 73.4 cm³/mol. The van der Waals surface area contributed by atoms with Gasteiger partial charge in [-0.05, 0) is 36.6 Å². The lowest BCUT2D eigenvalue weighted by molar-refractivity contribution is 0.102. The summed E-state index contributed by atoms with van der Waals surface area (Å²) in [5, 5.41) is 0. The molecule has 0 N–H and O–H groups in total. The van der Waals surface area contributed by atoms with E-state index in [2.05, 4.69) is 0 Å². The van der Waals surface area contributed by atoms with Crippen LogP contribution in [0.4, 0.5) is 8.78 Å². The van der Waals surface area contributed by atoms with Crippen LogP contribution in [0.5, 0.6) is 0 Å². The van der Waals surface area contributed by atoms with Gasteiger partial charge in [-0.2, -0.15) is 0 Å². The van der Waals surface area contributed by atoms with E-state index < -0.39 is 11.6 Å². The Hall–Kier alpha value is -2.29. The molecule has 0 aliphatic heterocycles. The van der Waals surface area contributed by atoms with Crippen molar-refractivity contribution in [2.75, 3.05) is 0 Å². The Bertz CT molecular complexity index is 696. The van der Waals surface area contributed by atoms with Crippen molar-refractivity contribution in [2.24, 2.45) is 0 Å². The number of allylic oxidation sites excluding steroid dienone is 1. The van der Waals surface area contributed by atoms with Crippen LogP contribution in [0.2, 0.25) is 0 Å². The van der Waals surface area contributed by atoms with Crippen molar-refractivity contribution in [3.05, 3.63) is 76.4 Å². The first-order valence-electron chi connectivity index (χ1n) is 6.44. The SMILES string of the molecule is O=C1/C(=C/c2c(F)cccc2F)CCc2ccccc21. The number of hydrogen-bond acceptors (Lipinski definition) is 1. The van der Waals surface area contributed by atoms with Crippen LogP contribution in [0.1, 0.15) is 27.9 Å². The number of carbonyl (C=O) groups is 1. The summed E-state index contributed by atoms with van der Waals surface area (Å²) in [6, 6.07) is 11.0. The molecule has 1 aliphatic carbocycles. The van der Waals surface area contributed by atoms with Crippen molar-refractivity contribution >= 4 is 11.9 Å². The third-order valence-corrected chi connectivity index (χ3v) is 3.54. The fraction of sp³-hybridized carbons (Fsp3) is 0.118. The van der Waals surface area contributed by atoms with Gasteiger partial charge in [-0.15, -0.1) is 0 Å². The first-order chi connectivity index (χ1) is 9.66. The molecule has 0 heterocycles. The van der Waals surface area contributed by atoms with Crippen LogP contribution in [-0.2, 0) is 6.42 Å². The molecule has 0 spiro atoms. The summed E-state index contributed by atoms with van der Waals surface area (Å²) in [7, 11) is 0. The maximum absolute atomic E-state index is 13.6. The predicted octanol–water partition coefficient (Wildman–Crippen LogP) is 4.18. The van der Waals surface area contributed by atoms with E-state index in [1.165, 1.54) is 24.3 Å². The summed E-state index contributed by atoms with van der Waals surface area (Å²) >= 11 is 0. The Balaban J connectivity index is 2.05. The van der Waals surface area contributed by atoms with Gasteiger partial charge in [0.15, 0.2) is 5.78 Å². The minimum Gasteiger partial charge on any atom is -0.289 e. The van der Waals surface area contributed by atoms with Gasteiger partial charge >= 0.3 is 0 Å². The molecule has 100 valence electrons. The summed E-state index contributed by atoms with van der Waals surface area (Å²) in [6.45, 7) is 0. The van der Waals surface area contributed by atoms with Crippen molar-refractivity contribution in [3.8, 4) is 0 Å². The molecule has 0 amide bonds. The zero-order valence-electron chi connectivity index (χ0n) is 10.7.